The largest absolute Gasteiger partial charge is 0.416 e. The van der Waals surface area contributed by atoms with E-state index in [1.807, 2.05) is 0 Å². The third-order valence-electron chi connectivity index (χ3n) is 2.68. The number of hydrazine groups is 1. The molecule has 4 N–H and O–H groups in total. The number of benzene rings is 1. The molecule has 2 aromatic rings. The predicted molar refractivity (Wildman–Crippen MR) is 69.3 cm³/mol. The van der Waals surface area contributed by atoms with Crippen molar-refractivity contribution in [3.05, 3.63) is 41.3 Å². The van der Waals surface area contributed by atoms with Gasteiger partial charge in [-0.05, 0) is 24.6 Å². The lowest BCUT2D eigenvalue weighted by atomic mass is 10.1. The Kier molecular flexibility index (Phi) is 3.94. The molecule has 0 aliphatic heterocycles. The Bertz CT molecular complexity index is 657. The third-order valence-corrected chi connectivity index (χ3v) is 2.68. The Morgan fingerprint density at radius 2 is 1.95 bits per heavy atom. The van der Waals surface area contributed by atoms with Gasteiger partial charge in [-0.25, -0.2) is 15.2 Å². The van der Waals surface area contributed by atoms with Crippen molar-refractivity contribution < 1.29 is 17.6 Å². The van der Waals surface area contributed by atoms with E-state index >= 15 is 0 Å². The van der Waals surface area contributed by atoms with E-state index in [2.05, 4.69) is 20.7 Å². The highest BCUT2D eigenvalue weighted by atomic mass is 19.4. The molecule has 0 saturated heterocycles. The van der Waals surface area contributed by atoms with E-state index in [1.54, 1.807) is 0 Å². The second-order valence-corrected chi connectivity index (χ2v) is 4.19. The Labute approximate surface area is 117 Å². The van der Waals surface area contributed by atoms with Gasteiger partial charge in [-0.3, -0.25) is 5.43 Å². The minimum Gasteiger partial charge on any atom is -0.338 e. The van der Waals surface area contributed by atoms with E-state index in [1.165, 1.54) is 19.1 Å². The highest BCUT2D eigenvalue weighted by Gasteiger charge is 2.32. The molecule has 0 spiro atoms. The molecule has 0 aliphatic carbocycles. The average molecular weight is 301 g/mol. The van der Waals surface area contributed by atoms with Crippen molar-refractivity contribution in [2.75, 3.05) is 10.7 Å². The van der Waals surface area contributed by atoms with Crippen LogP contribution in [0.2, 0.25) is 0 Å². The number of hydrogen-bond acceptors (Lipinski definition) is 5. The van der Waals surface area contributed by atoms with Gasteiger partial charge in [0.1, 0.15) is 0 Å². The van der Waals surface area contributed by atoms with Gasteiger partial charge in [-0.2, -0.15) is 18.2 Å². The molecule has 0 unspecified atom stereocenters. The van der Waals surface area contributed by atoms with Gasteiger partial charge in [-0.1, -0.05) is 6.07 Å². The smallest absolute Gasteiger partial charge is 0.338 e. The van der Waals surface area contributed by atoms with E-state index in [4.69, 9.17) is 5.84 Å². The van der Waals surface area contributed by atoms with Crippen LogP contribution in [-0.4, -0.2) is 9.97 Å². The number of nitrogens with zero attached hydrogens (tertiary/aromatic N) is 2. The maximum Gasteiger partial charge on any atom is 0.416 e. The molecule has 0 bridgehead atoms. The number of nitrogen functional groups attached to an aromatic ring is 1. The first-order valence-corrected chi connectivity index (χ1v) is 5.75. The number of aryl methyl sites for hydroxylation is 1. The lowest BCUT2D eigenvalue weighted by Gasteiger charge is -2.13. The Morgan fingerprint density at radius 3 is 2.57 bits per heavy atom. The standard InChI is InChI=1S/C12H11F4N5/c1-6-2-3-7(4-8(6)12(14,15)16)19-10-9(13)5-18-11(20-10)21-17/h2-5H,17H2,1H3,(H2,18,19,20,21). The molecule has 0 radical (unpaired) electrons. The topological polar surface area (TPSA) is 75.9 Å². The normalized spacial score (nSPS) is 11.3. The molecule has 112 valence electrons. The van der Waals surface area contributed by atoms with Gasteiger partial charge in [0.05, 0.1) is 11.8 Å². The molecule has 0 atom stereocenters. The van der Waals surface area contributed by atoms with Gasteiger partial charge in [0.25, 0.3) is 0 Å². The first-order chi connectivity index (χ1) is 9.81. The van der Waals surface area contributed by atoms with Crippen LogP contribution in [0.4, 0.5) is 35.0 Å². The molecule has 1 aromatic heterocycles. The lowest BCUT2D eigenvalue weighted by molar-refractivity contribution is -0.138. The van der Waals surface area contributed by atoms with Crippen LogP contribution in [0.5, 0.6) is 0 Å². The maximum absolute atomic E-state index is 13.5. The molecular formula is C12H11F4N5. The van der Waals surface area contributed by atoms with Crippen LogP contribution in [0, 0.1) is 12.7 Å². The summed E-state index contributed by atoms with van der Waals surface area (Å²) in [5.74, 6) is 3.92. The number of nitrogens with one attached hydrogen (secondary N) is 2. The zero-order chi connectivity index (χ0) is 15.6. The van der Waals surface area contributed by atoms with Gasteiger partial charge in [0.2, 0.25) is 5.95 Å². The van der Waals surface area contributed by atoms with Crippen LogP contribution in [0.25, 0.3) is 0 Å². The van der Waals surface area contributed by atoms with Crippen molar-refractivity contribution in [2.45, 2.75) is 13.1 Å². The third kappa shape index (κ3) is 3.37. The number of alkyl halides is 3. The van der Waals surface area contributed by atoms with Crippen LogP contribution in [0.1, 0.15) is 11.1 Å². The molecular weight excluding hydrogens is 290 g/mol. The fraction of sp³-hybridized carbons (Fsp3) is 0.167. The second-order valence-electron chi connectivity index (χ2n) is 4.19. The van der Waals surface area contributed by atoms with Gasteiger partial charge in [-0.15, -0.1) is 0 Å². The van der Waals surface area contributed by atoms with Crippen LogP contribution in [-0.2, 0) is 6.18 Å². The van der Waals surface area contributed by atoms with Crippen molar-refractivity contribution >= 4 is 17.5 Å². The summed E-state index contributed by atoms with van der Waals surface area (Å²) in [4.78, 5) is 7.21. The summed E-state index contributed by atoms with van der Waals surface area (Å²) in [7, 11) is 0. The van der Waals surface area contributed by atoms with Crippen molar-refractivity contribution in [2.24, 2.45) is 5.84 Å². The van der Waals surface area contributed by atoms with Crippen LogP contribution < -0.4 is 16.6 Å². The van der Waals surface area contributed by atoms with E-state index in [0.29, 0.717) is 0 Å². The van der Waals surface area contributed by atoms with E-state index in [-0.39, 0.29) is 23.0 Å². The first-order valence-electron chi connectivity index (χ1n) is 5.75. The quantitative estimate of drug-likeness (QED) is 0.461. The second kappa shape index (κ2) is 5.52. The summed E-state index contributed by atoms with van der Waals surface area (Å²) < 4.78 is 52.0. The highest BCUT2D eigenvalue weighted by molar-refractivity contribution is 5.59. The van der Waals surface area contributed by atoms with E-state index in [0.717, 1.165) is 12.3 Å². The summed E-state index contributed by atoms with van der Waals surface area (Å²) >= 11 is 0. The Hall–Kier alpha value is -2.42. The zero-order valence-electron chi connectivity index (χ0n) is 10.8. The maximum atomic E-state index is 13.5. The van der Waals surface area contributed by atoms with Gasteiger partial charge in [0, 0.05) is 5.69 Å². The van der Waals surface area contributed by atoms with Crippen LogP contribution in [0.15, 0.2) is 24.4 Å². The van der Waals surface area contributed by atoms with Crippen LogP contribution in [0.3, 0.4) is 0 Å². The van der Waals surface area contributed by atoms with Gasteiger partial charge in [0.15, 0.2) is 11.6 Å². The highest BCUT2D eigenvalue weighted by Crippen LogP contribution is 2.34. The van der Waals surface area contributed by atoms with Crippen LogP contribution >= 0.6 is 0 Å². The number of rotatable bonds is 3. The Morgan fingerprint density at radius 1 is 1.24 bits per heavy atom. The predicted octanol–water partition coefficient (Wildman–Crippen LogP) is 2.97. The number of anilines is 3. The molecule has 1 heterocycles. The number of hydrogen-bond donors (Lipinski definition) is 3. The monoisotopic (exact) mass is 301 g/mol. The van der Waals surface area contributed by atoms with E-state index in [9.17, 15) is 17.6 Å². The zero-order valence-corrected chi connectivity index (χ0v) is 10.8. The molecule has 0 saturated carbocycles. The number of aromatic nitrogens is 2. The molecule has 2 rings (SSSR count). The Balaban J connectivity index is 2.36. The lowest BCUT2D eigenvalue weighted by Crippen LogP contribution is -2.12. The summed E-state index contributed by atoms with van der Waals surface area (Å²) in [5.41, 5.74) is 1.43. The fourth-order valence-corrected chi connectivity index (χ4v) is 1.67. The van der Waals surface area contributed by atoms with Crippen molar-refractivity contribution in [1.82, 2.24) is 9.97 Å². The summed E-state index contributed by atoms with van der Waals surface area (Å²) in [6.45, 7) is 1.34. The molecule has 5 nitrogen and oxygen atoms in total. The van der Waals surface area contributed by atoms with Crippen molar-refractivity contribution in [1.29, 1.82) is 0 Å². The minimum absolute atomic E-state index is 0.0495. The van der Waals surface area contributed by atoms with Crippen molar-refractivity contribution in [3.8, 4) is 0 Å². The number of nitrogens with two attached hydrogens (primary N) is 1. The molecule has 9 heteroatoms. The van der Waals surface area contributed by atoms with Gasteiger partial charge < -0.3 is 5.32 Å². The SMILES string of the molecule is Cc1ccc(Nc2nc(NN)ncc2F)cc1C(F)(F)F. The summed E-state index contributed by atoms with van der Waals surface area (Å²) in [6, 6.07) is 3.56. The molecule has 0 aliphatic rings. The van der Waals surface area contributed by atoms with Crippen molar-refractivity contribution in [3.63, 3.8) is 0 Å². The van der Waals surface area contributed by atoms with Gasteiger partial charge >= 0.3 is 6.18 Å². The molecule has 1 aromatic carbocycles. The minimum atomic E-state index is -4.49. The first kappa shape index (κ1) is 15.0. The number of halogens is 4. The fourth-order valence-electron chi connectivity index (χ4n) is 1.67. The molecule has 21 heavy (non-hydrogen) atoms. The molecule has 0 fully saturated rings. The average Bonchev–Trinajstić information content (AvgIpc) is 2.42. The van der Waals surface area contributed by atoms with E-state index < -0.39 is 17.6 Å². The summed E-state index contributed by atoms with van der Waals surface area (Å²) in [5, 5.41) is 2.46. The molecule has 0 amide bonds. The summed E-state index contributed by atoms with van der Waals surface area (Å²) in [6.07, 6.45) is -3.64.